The van der Waals surface area contributed by atoms with Crippen LogP contribution in [0.3, 0.4) is 0 Å². The summed E-state index contributed by atoms with van der Waals surface area (Å²) in [7, 11) is 0. The Morgan fingerprint density at radius 2 is 1.92 bits per heavy atom. The van der Waals surface area contributed by atoms with Gasteiger partial charge in [-0.15, -0.1) is 0 Å². The van der Waals surface area contributed by atoms with Gasteiger partial charge < -0.3 is 30.8 Å². The number of pyridine rings is 2. The van der Waals surface area contributed by atoms with Gasteiger partial charge in [-0.25, -0.2) is 19.3 Å². The van der Waals surface area contributed by atoms with Gasteiger partial charge in [-0.3, -0.25) is 4.68 Å². The van der Waals surface area contributed by atoms with Crippen LogP contribution in [0.25, 0.3) is 21.9 Å². The van der Waals surface area contributed by atoms with E-state index >= 15 is 4.39 Å². The molecule has 198 valence electrons. The molecule has 6 heterocycles. The molecular weight excluding hydrogens is 501 g/mol. The summed E-state index contributed by atoms with van der Waals surface area (Å²) in [5, 5.41) is 9.23. The van der Waals surface area contributed by atoms with Crippen LogP contribution >= 0.6 is 0 Å². The van der Waals surface area contributed by atoms with Crippen molar-refractivity contribution in [2.45, 2.75) is 32.5 Å². The maximum absolute atomic E-state index is 15.6. The number of aryl methyl sites for hydroxylation is 2. The summed E-state index contributed by atoms with van der Waals surface area (Å²) in [6.45, 7) is 3.86. The van der Waals surface area contributed by atoms with Crippen LogP contribution in [-0.4, -0.2) is 48.6 Å². The van der Waals surface area contributed by atoms with E-state index in [9.17, 15) is 0 Å². The third-order valence-corrected chi connectivity index (χ3v) is 7.24. The van der Waals surface area contributed by atoms with Gasteiger partial charge in [0.1, 0.15) is 24.9 Å². The van der Waals surface area contributed by atoms with Crippen molar-refractivity contribution in [1.29, 1.82) is 0 Å². The minimum absolute atomic E-state index is 0.0132. The van der Waals surface area contributed by atoms with Crippen LogP contribution in [0.4, 0.5) is 21.7 Å². The van der Waals surface area contributed by atoms with Gasteiger partial charge >= 0.3 is 0 Å². The highest BCUT2D eigenvalue weighted by atomic mass is 19.1. The molecule has 4 aromatic heterocycles. The molecule has 0 bridgehead atoms. The highest BCUT2D eigenvalue weighted by Crippen LogP contribution is 2.40. The van der Waals surface area contributed by atoms with Crippen molar-refractivity contribution in [2.24, 2.45) is 5.73 Å². The number of nitrogens with two attached hydrogens (primary N) is 2. The third kappa shape index (κ3) is 4.00. The number of ether oxygens (including phenoxy) is 2. The topological polar surface area (TPSA) is 144 Å². The van der Waals surface area contributed by atoms with E-state index in [1.54, 1.807) is 18.5 Å². The molecule has 7 rings (SSSR count). The molecule has 2 aliphatic heterocycles. The van der Waals surface area contributed by atoms with Crippen LogP contribution in [0.1, 0.15) is 17.1 Å². The van der Waals surface area contributed by atoms with Crippen LogP contribution in [0, 0.1) is 12.7 Å². The minimum Gasteiger partial charge on any atom is -0.486 e. The molecule has 0 fully saturated rings. The fourth-order valence-corrected chi connectivity index (χ4v) is 5.14. The molecule has 1 atom stereocenters. The van der Waals surface area contributed by atoms with E-state index in [1.807, 2.05) is 36.1 Å². The molecule has 39 heavy (non-hydrogen) atoms. The largest absolute Gasteiger partial charge is 0.486 e. The number of aromatic nitrogens is 6. The summed E-state index contributed by atoms with van der Waals surface area (Å²) < 4.78 is 31.2. The summed E-state index contributed by atoms with van der Waals surface area (Å²) in [6, 6.07) is 5.32. The Morgan fingerprint density at radius 3 is 2.82 bits per heavy atom. The molecule has 5 aromatic rings. The number of nitrogens with zero attached hydrogens (tertiary/aromatic N) is 6. The van der Waals surface area contributed by atoms with Gasteiger partial charge in [0.05, 0.1) is 18.3 Å². The number of rotatable bonds is 3. The van der Waals surface area contributed by atoms with Crippen LogP contribution in [-0.2, 0) is 19.5 Å². The Hall–Kier alpha value is -4.71. The number of hydrogen-bond acceptors (Lipinski definition) is 9. The second-order valence-corrected chi connectivity index (χ2v) is 9.85. The summed E-state index contributed by atoms with van der Waals surface area (Å²) in [5.74, 6) is 2.47. The monoisotopic (exact) mass is 527 g/mol. The molecule has 5 N–H and O–H groups in total. The zero-order chi connectivity index (χ0) is 26.7. The highest BCUT2D eigenvalue weighted by Gasteiger charge is 2.23. The van der Waals surface area contributed by atoms with Crippen LogP contribution in [0.5, 0.6) is 11.6 Å². The number of fused-ring (bicyclic) bond motifs is 4. The molecule has 0 radical (unpaired) electrons. The number of anilines is 3. The van der Waals surface area contributed by atoms with Gasteiger partial charge in [-0.1, -0.05) is 0 Å². The molecule has 0 spiro atoms. The van der Waals surface area contributed by atoms with Crippen LogP contribution < -0.4 is 26.3 Å². The van der Waals surface area contributed by atoms with E-state index in [0.29, 0.717) is 58.5 Å². The zero-order valence-corrected chi connectivity index (χ0v) is 21.2. The molecule has 1 aromatic carbocycles. The summed E-state index contributed by atoms with van der Waals surface area (Å²) in [5.41, 5.74) is 14.9. The Morgan fingerprint density at radius 1 is 1.05 bits per heavy atom. The summed E-state index contributed by atoms with van der Waals surface area (Å²) in [6.07, 6.45) is 7.78. The van der Waals surface area contributed by atoms with Gasteiger partial charge in [0.2, 0.25) is 0 Å². The third-order valence-electron chi connectivity index (χ3n) is 7.24. The number of nitrogen functional groups attached to an aromatic ring is 1. The average molecular weight is 528 g/mol. The van der Waals surface area contributed by atoms with Crippen molar-refractivity contribution < 1.29 is 13.9 Å². The first kappa shape index (κ1) is 23.4. The minimum atomic E-state index is -0.544. The van der Waals surface area contributed by atoms with Crippen LogP contribution in [0.2, 0.25) is 0 Å². The Labute approximate surface area is 222 Å². The Bertz CT molecular complexity index is 1750. The zero-order valence-electron chi connectivity index (χ0n) is 21.2. The predicted octanol–water partition coefficient (Wildman–Crippen LogP) is 3.17. The van der Waals surface area contributed by atoms with E-state index in [1.165, 1.54) is 0 Å². The van der Waals surface area contributed by atoms with Crippen molar-refractivity contribution in [2.75, 3.05) is 24.3 Å². The van der Waals surface area contributed by atoms with Gasteiger partial charge in [0.15, 0.2) is 17.4 Å². The first-order chi connectivity index (χ1) is 18.9. The average Bonchev–Trinajstić information content (AvgIpc) is 3.43. The van der Waals surface area contributed by atoms with Crippen LogP contribution in [0.15, 0.2) is 43.0 Å². The lowest BCUT2D eigenvalue weighted by atomic mass is 9.97. The number of halogens is 1. The number of imidazole rings is 1. The van der Waals surface area contributed by atoms with E-state index in [2.05, 4.69) is 24.8 Å². The molecular formula is C27H26FN9O2. The fourth-order valence-electron chi connectivity index (χ4n) is 5.14. The molecule has 0 saturated heterocycles. The van der Waals surface area contributed by atoms with Gasteiger partial charge in [-0.05, 0) is 24.4 Å². The first-order valence-electron chi connectivity index (χ1n) is 12.7. The molecule has 0 aliphatic carbocycles. The van der Waals surface area contributed by atoms with Gasteiger partial charge in [-0.2, -0.15) is 5.10 Å². The maximum Gasteiger partial charge on any atom is 0.257 e. The summed E-state index contributed by atoms with van der Waals surface area (Å²) in [4.78, 5) is 13.3. The Kier molecular flexibility index (Phi) is 5.37. The van der Waals surface area contributed by atoms with Gasteiger partial charge in [0, 0.05) is 71.6 Å². The lowest BCUT2D eigenvalue weighted by Crippen LogP contribution is -2.32. The number of hydrogen-bond donors (Lipinski definition) is 3. The highest BCUT2D eigenvalue weighted by molar-refractivity contribution is 5.98. The molecule has 2 aliphatic rings. The Balaban J connectivity index is 1.23. The standard InChI is InChI=1S/C27H26FN9O2/c1-14-19(9-33-27-26(14)38-12-16(29)13-39-27)18-6-15-7-21(32-10-20(15)25(30)24(18)28)34-22-8-17-2-4-36-5-3-31-23(36)11-37(17)35-22/h3,5-10,16H,2,4,11-13,29-30H2,1H3,(H,32,34,35). The smallest absolute Gasteiger partial charge is 0.257 e. The van der Waals surface area contributed by atoms with Crippen molar-refractivity contribution >= 4 is 28.1 Å². The molecule has 1 unspecified atom stereocenters. The second-order valence-electron chi connectivity index (χ2n) is 9.85. The van der Waals surface area contributed by atoms with E-state index in [4.69, 9.17) is 26.0 Å². The van der Waals surface area contributed by atoms with Crippen molar-refractivity contribution in [1.82, 2.24) is 29.3 Å². The number of benzene rings is 1. The molecule has 11 nitrogen and oxygen atoms in total. The summed E-state index contributed by atoms with van der Waals surface area (Å²) >= 11 is 0. The quantitative estimate of drug-likeness (QED) is 0.301. The maximum atomic E-state index is 15.6. The first-order valence-corrected chi connectivity index (χ1v) is 12.7. The van der Waals surface area contributed by atoms with Crippen molar-refractivity contribution in [3.8, 4) is 22.8 Å². The fraction of sp³-hybridized carbons (Fsp3) is 0.259. The lowest BCUT2D eigenvalue weighted by Gasteiger charge is -2.15. The van der Waals surface area contributed by atoms with Crippen molar-refractivity contribution in [3.63, 3.8) is 0 Å². The van der Waals surface area contributed by atoms with Gasteiger partial charge in [0.25, 0.3) is 5.88 Å². The molecule has 0 amide bonds. The normalized spacial score (nSPS) is 16.3. The van der Waals surface area contributed by atoms with E-state index in [0.717, 1.165) is 29.9 Å². The van der Waals surface area contributed by atoms with E-state index < -0.39 is 5.82 Å². The lowest BCUT2D eigenvalue weighted by molar-refractivity contribution is 0.261. The SMILES string of the molecule is Cc1c(-c2cc3cc(Nc4cc5n(n4)Cc4nccn4CC5)ncc3c(N)c2F)cnc2c1OCC(N)CO2. The molecule has 0 saturated carbocycles. The predicted molar refractivity (Wildman–Crippen MR) is 144 cm³/mol. The number of nitrogens with one attached hydrogen (secondary N) is 1. The second kappa shape index (κ2) is 8.95. The van der Waals surface area contributed by atoms with E-state index in [-0.39, 0.29) is 18.3 Å². The molecule has 12 heteroatoms. The van der Waals surface area contributed by atoms with Crippen molar-refractivity contribution in [3.05, 3.63) is 65.9 Å².